The van der Waals surface area contributed by atoms with E-state index in [9.17, 15) is 0 Å². The van der Waals surface area contributed by atoms with E-state index >= 15 is 0 Å². The van der Waals surface area contributed by atoms with E-state index in [1.807, 2.05) is 6.08 Å². The van der Waals surface area contributed by atoms with Gasteiger partial charge in [-0.2, -0.15) is 0 Å². The molecule has 0 amide bonds. The number of unbranched alkanes of at least 4 members (excludes halogenated alkanes) is 1. The van der Waals surface area contributed by atoms with Gasteiger partial charge in [0.05, 0.1) is 0 Å². The Hall–Kier alpha value is -0.0831. The molecule has 0 N–H and O–H groups in total. The van der Waals surface area contributed by atoms with Crippen molar-refractivity contribution in [2.45, 2.75) is 25.8 Å². The third-order valence-corrected chi connectivity index (χ3v) is 1.79. The maximum atomic E-state index is 5.27. The van der Waals surface area contributed by atoms with Gasteiger partial charge in [0, 0.05) is 6.61 Å². The van der Waals surface area contributed by atoms with Crippen LogP contribution in [-0.2, 0) is 4.43 Å². The molecule has 0 fully saturated rings. The molecular weight excluding hydrogens is 128 g/mol. The molecule has 52 valence electrons. The smallest absolute Gasteiger partial charge is 0.233 e. The quantitative estimate of drug-likeness (QED) is 0.313. The van der Waals surface area contributed by atoms with E-state index in [1.165, 1.54) is 12.8 Å². The Balaban J connectivity index is 2.66. The molecule has 9 heavy (non-hydrogen) atoms. The lowest BCUT2D eigenvalue weighted by molar-refractivity contribution is 0.327. The maximum absolute atomic E-state index is 5.27. The number of allylic oxidation sites excluding steroid dienone is 1. The van der Waals surface area contributed by atoms with Crippen molar-refractivity contribution >= 4 is 9.76 Å². The Labute approximate surface area is 60.1 Å². The standard InChI is InChI=1S/C7H14OSi/c1-3-5-6-8-9-7-4-2/h4H,2-3,5-7H2,1H3. The van der Waals surface area contributed by atoms with Crippen LogP contribution in [0.3, 0.4) is 0 Å². The van der Waals surface area contributed by atoms with Crippen LogP contribution in [-0.4, -0.2) is 16.4 Å². The molecule has 2 radical (unpaired) electrons. The topological polar surface area (TPSA) is 9.23 Å². The first kappa shape index (κ1) is 8.92. The van der Waals surface area contributed by atoms with Crippen molar-refractivity contribution in [2.24, 2.45) is 0 Å². The molecule has 0 aliphatic heterocycles. The fourth-order valence-corrected chi connectivity index (χ4v) is 0.931. The van der Waals surface area contributed by atoms with Gasteiger partial charge in [-0.05, 0) is 12.5 Å². The lowest BCUT2D eigenvalue weighted by Gasteiger charge is -1.96. The first-order valence-corrected chi connectivity index (χ1v) is 4.49. The molecule has 0 spiro atoms. The second-order valence-electron chi connectivity index (χ2n) is 1.84. The number of rotatable bonds is 6. The van der Waals surface area contributed by atoms with Gasteiger partial charge in [0.2, 0.25) is 9.76 Å². The van der Waals surface area contributed by atoms with Crippen LogP contribution in [0.1, 0.15) is 19.8 Å². The summed E-state index contributed by atoms with van der Waals surface area (Å²) in [5.41, 5.74) is 0. The molecule has 0 unspecified atom stereocenters. The van der Waals surface area contributed by atoms with Gasteiger partial charge in [0.25, 0.3) is 0 Å². The molecule has 0 bridgehead atoms. The van der Waals surface area contributed by atoms with Gasteiger partial charge in [0.15, 0.2) is 0 Å². The van der Waals surface area contributed by atoms with Crippen molar-refractivity contribution in [2.75, 3.05) is 6.61 Å². The molecule has 0 saturated heterocycles. The zero-order chi connectivity index (χ0) is 6.95. The summed E-state index contributed by atoms with van der Waals surface area (Å²) in [6.07, 6.45) is 4.30. The van der Waals surface area contributed by atoms with Gasteiger partial charge in [-0.15, -0.1) is 6.58 Å². The zero-order valence-electron chi connectivity index (χ0n) is 6.02. The normalized spacial score (nSPS) is 9.44. The molecular formula is C7H14OSi. The van der Waals surface area contributed by atoms with Crippen LogP contribution in [0.25, 0.3) is 0 Å². The van der Waals surface area contributed by atoms with Crippen LogP contribution in [0.2, 0.25) is 6.04 Å². The monoisotopic (exact) mass is 142 g/mol. The molecule has 0 aromatic carbocycles. The highest BCUT2D eigenvalue weighted by molar-refractivity contribution is 6.27. The van der Waals surface area contributed by atoms with Gasteiger partial charge >= 0.3 is 0 Å². The van der Waals surface area contributed by atoms with Gasteiger partial charge in [-0.1, -0.05) is 19.4 Å². The molecule has 0 saturated carbocycles. The summed E-state index contributed by atoms with van der Waals surface area (Å²) in [4.78, 5) is 0. The van der Waals surface area contributed by atoms with E-state index in [-0.39, 0.29) is 0 Å². The Morgan fingerprint density at radius 3 is 3.00 bits per heavy atom. The van der Waals surface area contributed by atoms with Crippen molar-refractivity contribution in [1.29, 1.82) is 0 Å². The van der Waals surface area contributed by atoms with Crippen molar-refractivity contribution in [1.82, 2.24) is 0 Å². The SMILES string of the molecule is C=CC[Si]OCCCC. The van der Waals surface area contributed by atoms with E-state index in [2.05, 4.69) is 13.5 Å². The number of hydrogen-bond donors (Lipinski definition) is 0. The second-order valence-corrected chi connectivity index (χ2v) is 2.82. The summed E-state index contributed by atoms with van der Waals surface area (Å²) in [7, 11) is 0.624. The second kappa shape index (κ2) is 7.92. The molecule has 0 heterocycles. The molecule has 0 aromatic rings. The molecule has 0 aliphatic carbocycles. The van der Waals surface area contributed by atoms with Gasteiger partial charge < -0.3 is 4.43 Å². The Morgan fingerprint density at radius 2 is 2.44 bits per heavy atom. The lowest BCUT2D eigenvalue weighted by Crippen LogP contribution is -1.97. The van der Waals surface area contributed by atoms with Crippen LogP contribution in [0.4, 0.5) is 0 Å². The molecule has 0 aliphatic rings. The maximum Gasteiger partial charge on any atom is 0.233 e. The van der Waals surface area contributed by atoms with Crippen molar-refractivity contribution in [3.05, 3.63) is 12.7 Å². The third kappa shape index (κ3) is 7.92. The Bertz CT molecular complexity index is 63.9. The first-order valence-electron chi connectivity index (χ1n) is 3.37. The minimum atomic E-state index is 0.624. The zero-order valence-corrected chi connectivity index (χ0v) is 7.02. The highest BCUT2D eigenvalue weighted by Crippen LogP contribution is 1.88. The molecule has 2 heteroatoms. The fraction of sp³-hybridized carbons (Fsp3) is 0.714. The van der Waals surface area contributed by atoms with Crippen LogP contribution < -0.4 is 0 Å². The highest BCUT2D eigenvalue weighted by Gasteiger charge is 1.85. The molecule has 0 atom stereocenters. The van der Waals surface area contributed by atoms with E-state index in [1.54, 1.807) is 0 Å². The van der Waals surface area contributed by atoms with Gasteiger partial charge in [-0.3, -0.25) is 0 Å². The average Bonchev–Trinajstić information content (AvgIpc) is 1.89. The van der Waals surface area contributed by atoms with Crippen LogP contribution in [0.5, 0.6) is 0 Å². The average molecular weight is 142 g/mol. The van der Waals surface area contributed by atoms with Gasteiger partial charge in [-0.25, -0.2) is 0 Å². The van der Waals surface area contributed by atoms with Crippen LogP contribution in [0, 0.1) is 0 Å². The first-order chi connectivity index (χ1) is 4.41. The van der Waals surface area contributed by atoms with Crippen LogP contribution >= 0.6 is 0 Å². The summed E-state index contributed by atoms with van der Waals surface area (Å²) in [5, 5.41) is 0. The summed E-state index contributed by atoms with van der Waals surface area (Å²) in [6.45, 7) is 6.69. The Kier molecular flexibility index (Phi) is 7.84. The van der Waals surface area contributed by atoms with Gasteiger partial charge in [0.1, 0.15) is 0 Å². The third-order valence-electron chi connectivity index (χ3n) is 0.930. The minimum Gasteiger partial charge on any atom is -0.417 e. The summed E-state index contributed by atoms with van der Waals surface area (Å²) in [6, 6.07) is 1.00. The lowest BCUT2D eigenvalue weighted by atomic mass is 10.4. The van der Waals surface area contributed by atoms with E-state index in [0.717, 1.165) is 12.7 Å². The summed E-state index contributed by atoms with van der Waals surface area (Å²) >= 11 is 0. The van der Waals surface area contributed by atoms with Crippen molar-refractivity contribution in [3.63, 3.8) is 0 Å². The minimum absolute atomic E-state index is 0.624. The fourth-order valence-electron chi connectivity index (χ4n) is 0.407. The molecule has 0 aromatic heterocycles. The predicted molar refractivity (Wildman–Crippen MR) is 41.6 cm³/mol. The van der Waals surface area contributed by atoms with E-state index < -0.39 is 0 Å². The Morgan fingerprint density at radius 1 is 1.67 bits per heavy atom. The van der Waals surface area contributed by atoms with E-state index in [4.69, 9.17) is 4.43 Å². The summed E-state index contributed by atoms with van der Waals surface area (Å²) in [5.74, 6) is 0. The largest absolute Gasteiger partial charge is 0.417 e. The molecule has 1 nitrogen and oxygen atoms in total. The highest BCUT2D eigenvalue weighted by atomic mass is 28.2. The van der Waals surface area contributed by atoms with Crippen LogP contribution in [0.15, 0.2) is 12.7 Å². The van der Waals surface area contributed by atoms with Crippen molar-refractivity contribution < 1.29 is 4.43 Å². The van der Waals surface area contributed by atoms with E-state index in [0.29, 0.717) is 9.76 Å². The van der Waals surface area contributed by atoms with Crippen molar-refractivity contribution in [3.8, 4) is 0 Å². The summed E-state index contributed by atoms with van der Waals surface area (Å²) < 4.78 is 5.27. The number of hydrogen-bond acceptors (Lipinski definition) is 1. The predicted octanol–water partition coefficient (Wildman–Crippen LogP) is 2.03. The molecule has 0 rings (SSSR count).